The maximum atomic E-state index is 14.1. The normalized spacial score (nSPS) is 15.9. The van der Waals surface area contributed by atoms with E-state index in [2.05, 4.69) is 15.0 Å². The molecule has 0 saturated carbocycles. The van der Waals surface area contributed by atoms with Crippen LogP contribution in [0.15, 0.2) is 22.7 Å². The Balaban J connectivity index is 1.79. The molecule has 2 heterocycles. The first-order chi connectivity index (χ1) is 9.76. The van der Waals surface area contributed by atoms with Crippen LogP contribution in [0, 0.1) is 5.82 Å². The summed E-state index contributed by atoms with van der Waals surface area (Å²) in [5, 5.41) is 3.79. The summed E-state index contributed by atoms with van der Waals surface area (Å²) >= 11 is 0. The van der Waals surface area contributed by atoms with Crippen LogP contribution in [0.1, 0.15) is 24.3 Å². The molecule has 2 aromatic rings. The third-order valence-corrected chi connectivity index (χ3v) is 3.55. The molecular formula is C14H17FN4O. The fraction of sp³-hybridized carbons (Fsp3) is 0.429. The van der Waals surface area contributed by atoms with Gasteiger partial charge in [-0.1, -0.05) is 17.3 Å². The van der Waals surface area contributed by atoms with Crippen LogP contribution in [0.2, 0.25) is 0 Å². The molecule has 1 aliphatic heterocycles. The van der Waals surface area contributed by atoms with E-state index in [0.717, 1.165) is 13.1 Å². The van der Waals surface area contributed by atoms with Gasteiger partial charge in [0.05, 0.1) is 6.54 Å². The van der Waals surface area contributed by atoms with Crippen LogP contribution in [-0.4, -0.2) is 28.1 Å². The lowest BCUT2D eigenvalue weighted by atomic mass is 10.1. The topological polar surface area (TPSA) is 68.2 Å². The van der Waals surface area contributed by atoms with E-state index in [1.54, 1.807) is 6.07 Å². The summed E-state index contributed by atoms with van der Waals surface area (Å²) in [7, 11) is 0. The van der Waals surface area contributed by atoms with Crippen LogP contribution in [0.4, 0.5) is 4.39 Å². The van der Waals surface area contributed by atoms with E-state index in [4.69, 9.17) is 10.3 Å². The average molecular weight is 276 g/mol. The Morgan fingerprint density at radius 2 is 2.10 bits per heavy atom. The Hall–Kier alpha value is -1.79. The highest BCUT2D eigenvalue weighted by atomic mass is 19.1. The maximum absolute atomic E-state index is 14.1. The molecule has 1 saturated heterocycles. The van der Waals surface area contributed by atoms with E-state index < -0.39 is 0 Å². The van der Waals surface area contributed by atoms with Gasteiger partial charge in [-0.25, -0.2) is 4.39 Å². The molecule has 0 amide bonds. The van der Waals surface area contributed by atoms with Crippen molar-refractivity contribution in [2.45, 2.75) is 25.9 Å². The fourth-order valence-corrected chi connectivity index (χ4v) is 2.45. The largest absolute Gasteiger partial charge is 0.338 e. The first kappa shape index (κ1) is 13.2. The molecule has 5 nitrogen and oxygen atoms in total. The second-order valence-corrected chi connectivity index (χ2v) is 5.01. The summed E-state index contributed by atoms with van der Waals surface area (Å²) in [5.41, 5.74) is 6.72. The number of nitrogens with zero attached hydrogens (tertiary/aromatic N) is 3. The summed E-state index contributed by atoms with van der Waals surface area (Å²) in [5.74, 6) is 0.493. The molecule has 0 radical (unpaired) electrons. The Morgan fingerprint density at radius 1 is 1.30 bits per heavy atom. The fourth-order valence-electron chi connectivity index (χ4n) is 2.45. The van der Waals surface area contributed by atoms with Crippen LogP contribution in [0.3, 0.4) is 0 Å². The van der Waals surface area contributed by atoms with Gasteiger partial charge >= 0.3 is 0 Å². The quantitative estimate of drug-likeness (QED) is 0.924. The molecular weight excluding hydrogens is 259 g/mol. The molecule has 1 aromatic heterocycles. The van der Waals surface area contributed by atoms with Gasteiger partial charge in [0.2, 0.25) is 11.7 Å². The maximum Gasteiger partial charge on any atom is 0.240 e. The lowest BCUT2D eigenvalue weighted by molar-refractivity contribution is 0.325. The molecule has 2 N–H and O–H groups in total. The minimum Gasteiger partial charge on any atom is -0.338 e. The molecule has 1 aliphatic rings. The van der Waals surface area contributed by atoms with Crippen LogP contribution in [0.5, 0.6) is 0 Å². The van der Waals surface area contributed by atoms with E-state index in [1.165, 1.54) is 18.9 Å². The van der Waals surface area contributed by atoms with Gasteiger partial charge in [0.1, 0.15) is 5.82 Å². The molecule has 0 atom stereocenters. The number of hydrogen-bond acceptors (Lipinski definition) is 5. The molecule has 0 spiro atoms. The smallest absolute Gasteiger partial charge is 0.240 e. The molecule has 1 fully saturated rings. The Labute approximate surface area is 116 Å². The first-order valence-electron chi connectivity index (χ1n) is 6.80. The second-order valence-electron chi connectivity index (χ2n) is 5.01. The van der Waals surface area contributed by atoms with Gasteiger partial charge in [-0.05, 0) is 32.0 Å². The van der Waals surface area contributed by atoms with Crippen molar-refractivity contribution in [3.8, 4) is 11.4 Å². The summed E-state index contributed by atoms with van der Waals surface area (Å²) in [6.07, 6.45) is 2.40. The zero-order chi connectivity index (χ0) is 13.9. The van der Waals surface area contributed by atoms with Crippen LogP contribution in [-0.2, 0) is 13.1 Å². The van der Waals surface area contributed by atoms with Crippen molar-refractivity contribution in [3.63, 3.8) is 0 Å². The van der Waals surface area contributed by atoms with Crippen molar-refractivity contribution >= 4 is 0 Å². The first-order valence-corrected chi connectivity index (χ1v) is 6.80. The number of rotatable bonds is 4. The van der Waals surface area contributed by atoms with E-state index >= 15 is 0 Å². The van der Waals surface area contributed by atoms with Gasteiger partial charge < -0.3 is 10.3 Å². The van der Waals surface area contributed by atoms with Gasteiger partial charge in [-0.2, -0.15) is 4.98 Å². The van der Waals surface area contributed by atoms with Crippen molar-refractivity contribution in [1.29, 1.82) is 0 Å². The average Bonchev–Trinajstić information content (AvgIpc) is 3.12. The number of likely N-dealkylation sites (tertiary alicyclic amines) is 1. The second kappa shape index (κ2) is 5.68. The Bertz CT molecular complexity index is 593. The number of hydrogen-bond donors (Lipinski definition) is 1. The highest BCUT2D eigenvalue weighted by molar-refractivity contribution is 5.55. The molecule has 20 heavy (non-hydrogen) atoms. The molecule has 0 aliphatic carbocycles. The Morgan fingerprint density at radius 3 is 2.75 bits per heavy atom. The molecule has 1 aromatic carbocycles. The molecule has 0 bridgehead atoms. The van der Waals surface area contributed by atoms with Gasteiger partial charge in [-0.3, -0.25) is 4.90 Å². The minimum atomic E-state index is -0.228. The van der Waals surface area contributed by atoms with Crippen molar-refractivity contribution in [2.75, 3.05) is 13.1 Å². The molecule has 6 heteroatoms. The van der Waals surface area contributed by atoms with Crippen molar-refractivity contribution in [2.24, 2.45) is 5.73 Å². The number of aromatic nitrogens is 2. The van der Waals surface area contributed by atoms with Gasteiger partial charge in [-0.15, -0.1) is 0 Å². The van der Waals surface area contributed by atoms with E-state index in [0.29, 0.717) is 29.4 Å². The lowest BCUT2D eigenvalue weighted by Crippen LogP contribution is -2.19. The number of halogens is 1. The SMILES string of the molecule is NCc1nc(-c2ccc(CN3CCCC3)c(F)c2)no1. The molecule has 3 rings (SSSR count). The van der Waals surface area contributed by atoms with Crippen LogP contribution >= 0.6 is 0 Å². The highest BCUT2D eigenvalue weighted by Crippen LogP contribution is 2.21. The summed E-state index contributed by atoms with van der Waals surface area (Å²) in [6, 6.07) is 5.07. The highest BCUT2D eigenvalue weighted by Gasteiger charge is 2.15. The predicted molar refractivity (Wildman–Crippen MR) is 72.1 cm³/mol. The monoisotopic (exact) mass is 276 g/mol. The zero-order valence-electron chi connectivity index (χ0n) is 11.2. The number of benzene rings is 1. The third-order valence-electron chi connectivity index (χ3n) is 3.55. The minimum absolute atomic E-state index is 0.183. The summed E-state index contributed by atoms with van der Waals surface area (Å²) in [4.78, 5) is 6.36. The molecule has 0 unspecified atom stereocenters. The third kappa shape index (κ3) is 2.71. The van der Waals surface area contributed by atoms with Crippen molar-refractivity contribution in [1.82, 2.24) is 15.0 Å². The van der Waals surface area contributed by atoms with Gasteiger partial charge in [0.15, 0.2) is 0 Å². The lowest BCUT2D eigenvalue weighted by Gasteiger charge is -2.15. The van der Waals surface area contributed by atoms with Crippen molar-refractivity contribution in [3.05, 3.63) is 35.5 Å². The summed E-state index contributed by atoms with van der Waals surface area (Å²) in [6.45, 7) is 2.94. The standard InChI is InChI=1S/C14H17FN4O/c15-12-7-10(14-17-13(8-16)20-18-14)3-4-11(12)9-19-5-1-2-6-19/h3-4,7H,1-2,5-6,8-9,16H2. The Kier molecular flexibility index (Phi) is 3.75. The predicted octanol–water partition coefficient (Wildman–Crippen LogP) is 1.93. The molecule has 106 valence electrons. The van der Waals surface area contributed by atoms with E-state index in [9.17, 15) is 4.39 Å². The van der Waals surface area contributed by atoms with Crippen LogP contribution < -0.4 is 5.73 Å². The summed E-state index contributed by atoms with van der Waals surface area (Å²) < 4.78 is 19.1. The zero-order valence-corrected chi connectivity index (χ0v) is 11.2. The van der Waals surface area contributed by atoms with Crippen molar-refractivity contribution < 1.29 is 8.91 Å². The van der Waals surface area contributed by atoms with Gasteiger partial charge in [0, 0.05) is 17.7 Å². The van der Waals surface area contributed by atoms with Crippen LogP contribution in [0.25, 0.3) is 11.4 Å². The van der Waals surface area contributed by atoms with Gasteiger partial charge in [0.25, 0.3) is 0 Å². The van der Waals surface area contributed by atoms with E-state index in [1.807, 2.05) is 6.07 Å². The van der Waals surface area contributed by atoms with E-state index in [-0.39, 0.29) is 12.4 Å². The number of nitrogens with two attached hydrogens (primary N) is 1.